The zero-order valence-electron chi connectivity index (χ0n) is 21.5. The Balaban J connectivity index is 3.47. The highest BCUT2D eigenvalue weighted by Crippen LogP contribution is 2.30. The van der Waals surface area contributed by atoms with E-state index in [1.165, 1.54) is 89.9 Å². The molecule has 0 rings (SSSR count). The quantitative estimate of drug-likeness (QED) is 0.120. The minimum atomic E-state index is -0.228. The number of aliphatic hydroxyl groups excluding tert-OH is 1. The summed E-state index contributed by atoms with van der Waals surface area (Å²) in [5, 5.41) is 9.79. The fraction of sp³-hybridized carbons (Fsp3) is 0.964. The van der Waals surface area contributed by atoms with Gasteiger partial charge in [0.15, 0.2) is 0 Å². The number of hydrogen-bond donors (Lipinski definition) is 1. The molecule has 0 spiro atoms. The van der Waals surface area contributed by atoms with Crippen molar-refractivity contribution in [1.29, 1.82) is 0 Å². The standard InChI is InChI=1S/C28H56O3/c1-4-7-8-9-10-11-12-13-14-15-16-17-18-19-20-21-22-27(30)31-26-28(25-29,23-5-2)24-6-3/h29H,4-26H2,1-3H3. The molecule has 0 aromatic carbocycles. The molecule has 3 nitrogen and oxygen atoms in total. The van der Waals surface area contributed by atoms with E-state index in [1.807, 2.05) is 0 Å². The molecule has 0 radical (unpaired) electrons. The van der Waals surface area contributed by atoms with Crippen molar-refractivity contribution in [3.63, 3.8) is 0 Å². The van der Waals surface area contributed by atoms with E-state index in [0.717, 1.165) is 38.5 Å². The molecule has 0 aliphatic carbocycles. The molecule has 0 amide bonds. The Hall–Kier alpha value is -0.570. The monoisotopic (exact) mass is 440 g/mol. The molecular formula is C28H56O3. The molecule has 0 fully saturated rings. The van der Waals surface area contributed by atoms with Crippen molar-refractivity contribution in [1.82, 2.24) is 0 Å². The molecule has 0 saturated carbocycles. The zero-order valence-corrected chi connectivity index (χ0v) is 21.5. The normalized spacial score (nSPS) is 11.7. The van der Waals surface area contributed by atoms with Gasteiger partial charge < -0.3 is 9.84 Å². The summed E-state index contributed by atoms with van der Waals surface area (Å²) in [6.07, 6.45) is 25.8. The highest BCUT2D eigenvalue weighted by Gasteiger charge is 2.29. The Morgan fingerprint density at radius 3 is 1.35 bits per heavy atom. The van der Waals surface area contributed by atoms with Crippen LogP contribution in [0.15, 0.2) is 0 Å². The summed E-state index contributed by atoms with van der Waals surface area (Å²) in [4.78, 5) is 12.1. The topological polar surface area (TPSA) is 46.5 Å². The minimum Gasteiger partial charge on any atom is -0.465 e. The molecule has 0 bridgehead atoms. The van der Waals surface area contributed by atoms with Crippen LogP contribution in [0.3, 0.4) is 0 Å². The number of carbonyl (C=O) groups excluding carboxylic acids is 1. The Morgan fingerprint density at radius 2 is 1.00 bits per heavy atom. The van der Waals surface area contributed by atoms with Crippen LogP contribution in [0.4, 0.5) is 0 Å². The van der Waals surface area contributed by atoms with Gasteiger partial charge in [-0.15, -0.1) is 0 Å². The van der Waals surface area contributed by atoms with Crippen LogP contribution in [-0.2, 0) is 9.53 Å². The van der Waals surface area contributed by atoms with Crippen molar-refractivity contribution < 1.29 is 14.6 Å². The Bertz CT molecular complexity index is 374. The molecule has 31 heavy (non-hydrogen) atoms. The number of carbonyl (C=O) groups is 1. The second-order valence-electron chi connectivity index (χ2n) is 9.87. The number of esters is 1. The molecular weight excluding hydrogens is 384 g/mol. The maximum Gasteiger partial charge on any atom is 0.305 e. The molecule has 186 valence electrons. The number of ether oxygens (including phenoxy) is 1. The third-order valence-electron chi connectivity index (χ3n) is 6.67. The zero-order chi connectivity index (χ0) is 23.0. The number of rotatable bonds is 24. The van der Waals surface area contributed by atoms with Gasteiger partial charge in [0, 0.05) is 11.8 Å². The summed E-state index contributed by atoms with van der Waals surface area (Å²) in [5.41, 5.74) is -0.228. The second-order valence-corrected chi connectivity index (χ2v) is 9.87. The first-order chi connectivity index (χ1) is 15.1. The Kier molecular flexibility index (Phi) is 22.2. The van der Waals surface area contributed by atoms with Crippen molar-refractivity contribution >= 4 is 5.97 Å². The molecule has 0 atom stereocenters. The predicted molar refractivity (Wildman–Crippen MR) is 134 cm³/mol. The highest BCUT2D eigenvalue weighted by atomic mass is 16.5. The van der Waals surface area contributed by atoms with Crippen LogP contribution in [0.1, 0.15) is 156 Å². The molecule has 0 unspecified atom stereocenters. The molecule has 0 aliphatic heterocycles. The molecule has 0 aromatic rings. The maximum absolute atomic E-state index is 12.1. The first kappa shape index (κ1) is 30.4. The molecule has 0 heterocycles. The van der Waals surface area contributed by atoms with Gasteiger partial charge in [-0.2, -0.15) is 0 Å². The average Bonchev–Trinajstić information content (AvgIpc) is 2.77. The minimum absolute atomic E-state index is 0.0876. The molecule has 0 aromatic heterocycles. The van der Waals surface area contributed by atoms with Gasteiger partial charge in [-0.1, -0.05) is 130 Å². The Morgan fingerprint density at radius 1 is 0.613 bits per heavy atom. The van der Waals surface area contributed by atoms with Gasteiger partial charge in [0.1, 0.15) is 0 Å². The fourth-order valence-electron chi connectivity index (χ4n) is 4.66. The van der Waals surface area contributed by atoms with E-state index in [0.29, 0.717) is 13.0 Å². The van der Waals surface area contributed by atoms with Crippen molar-refractivity contribution in [3.05, 3.63) is 0 Å². The van der Waals surface area contributed by atoms with E-state index < -0.39 is 0 Å². The lowest BCUT2D eigenvalue weighted by atomic mass is 9.81. The van der Waals surface area contributed by atoms with E-state index >= 15 is 0 Å². The summed E-state index contributed by atoms with van der Waals surface area (Å²) in [7, 11) is 0. The van der Waals surface area contributed by atoms with E-state index in [1.54, 1.807) is 0 Å². The van der Waals surface area contributed by atoms with Crippen LogP contribution in [0.25, 0.3) is 0 Å². The van der Waals surface area contributed by atoms with Gasteiger partial charge in [0.25, 0.3) is 0 Å². The van der Waals surface area contributed by atoms with E-state index in [9.17, 15) is 9.90 Å². The number of aliphatic hydroxyl groups is 1. The van der Waals surface area contributed by atoms with Crippen molar-refractivity contribution in [2.24, 2.45) is 5.41 Å². The third-order valence-corrected chi connectivity index (χ3v) is 6.67. The first-order valence-electron chi connectivity index (χ1n) is 13.9. The van der Waals surface area contributed by atoms with Crippen molar-refractivity contribution in [2.75, 3.05) is 13.2 Å². The van der Waals surface area contributed by atoms with E-state index in [-0.39, 0.29) is 18.0 Å². The lowest BCUT2D eigenvalue weighted by Crippen LogP contribution is -2.32. The van der Waals surface area contributed by atoms with Gasteiger partial charge in [0.05, 0.1) is 13.2 Å². The SMILES string of the molecule is CCCCCCCCCCCCCCCCCCC(=O)OCC(CO)(CCC)CCC. The summed E-state index contributed by atoms with van der Waals surface area (Å²) < 4.78 is 5.53. The van der Waals surface area contributed by atoms with Crippen LogP contribution in [0, 0.1) is 5.41 Å². The van der Waals surface area contributed by atoms with Crippen LogP contribution >= 0.6 is 0 Å². The molecule has 1 N–H and O–H groups in total. The second kappa shape index (κ2) is 22.6. The summed E-state index contributed by atoms with van der Waals surface area (Å²) >= 11 is 0. The molecule has 0 saturated heterocycles. The van der Waals surface area contributed by atoms with Crippen molar-refractivity contribution in [3.8, 4) is 0 Å². The summed E-state index contributed by atoms with van der Waals surface area (Å²) in [6.45, 7) is 7.02. The van der Waals surface area contributed by atoms with Crippen LogP contribution in [-0.4, -0.2) is 24.3 Å². The molecule has 0 aliphatic rings. The third kappa shape index (κ3) is 18.7. The molecule has 3 heteroatoms. The first-order valence-corrected chi connectivity index (χ1v) is 13.9. The van der Waals surface area contributed by atoms with Crippen molar-refractivity contribution in [2.45, 2.75) is 156 Å². The highest BCUT2D eigenvalue weighted by molar-refractivity contribution is 5.69. The Labute approximate surface area is 195 Å². The van der Waals surface area contributed by atoms with Crippen LogP contribution in [0.5, 0.6) is 0 Å². The lowest BCUT2D eigenvalue weighted by Gasteiger charge is -2.30. The lowest BCUT2D eigenvalue weighted by molar-refractivity contribution is -0.149. The van der Waals surface area contributed by atoms with Gasteiger partial charge in [0.2, 0.25) is 0 Å². The predicted octanol–water partition coefficient (Wildman–Crippen LogP) is 8.76. The maximum atomic E-state index is 12.1. The van der Waals surface area contributed by atoms with E-state index in [4.69, 9.17) is 4.74 Å². The average molecular weight is 441 g/mol. The number of hydrogen-bond acceptors (Lipinski definition) is 3. The van der Waals surface area contributed by atoms with Crippen LogP contribution < -0.4 is 0 Å². The summed E-state index contributed by atoms with van der Waals surface area (Å²) in [6, 6.07) is 0. The summed E-state index contributed by atoms with van der Waals surface area (Å²) in [5.74, 6) is -0.0876. The van der Waals surface area contributed by atoms with Gasteiger partial charge in [-0.05, 0) is 19.3 Å². The van der Waals surface area contributed by atoms with E-state index in [2.05, 4.69) is 20.8 Å². The number of unbranched alkanes of at least 4 members (excludes halogenated alkanes) is 15. The van der Waals surface area contributed by atoms with Gasteiger partial charge >= 0.3 is 5.97 Å². The largest absolute Gasteiger partial charge is 0.465 e. The van der Waals surface area contributed by atoms with Crippen LogP contribution in [0.2, 0.25) is 0 Å². The smallest absolute Gasteiger partial charge is 0.305 e. The fourth-order valence-corrected chi connectivity index (χ4v) is 4.66. The van der Waals surface area contributed by atoms with Gasteiger partial charge in [-0.25, -0.2) is 0 Å². The van der Waals surface area contributed by atoms with Gasteiger partial charge in [-0.3, -0.25) is 4.79 Å².